The van der Waals surface area contributed by atoms with Gasteiger partial charge in [-0.05, 0) is 63.0 Å². The summed E-state index contributed by atoms with van der Waals surface area (Å²) in [4.78, 5) is 2.55. The number of hydrogen-bond donors (Lipinski definition) is 1. The standard InChI is InChI=1S/C17H26Cl2N2/c1-3-4-10-21(12-15-6-5-9-20-15)13(2)16-11-14(18)7-8-17(16)19/h7-8,11,13,15,20H,3-6,9-10,12H2,1-2H3. The SMILES string of the molecule is CCCCN(CC1CCCN1)C(C)c1cc(Cl)ccc1Cl. The van der Waals surface area contributed by atoms with Crippen LogP contribution in [0.2, 0.25) is 10.0 Å². The lowest BCUT2D eigenvalue weighted by Crippen LogP contribution is -2.39. The molecule has 118 valence electrons. The van der Waals surface area contributed by atoms with Crippen LogP contribution in [0.15, 0.2) is 18.2 Å². The third kappa shape index (κ3) is 4.85. The van der Waals surface area contributed by atoms with Gasteiger partial charge in [0.1, 0.15) is 0 Å². The topological polar surface area (TPSA) is 15.3 Å². The van der Waals surface area contributed by atoms with Crippen molar-refractivity contribution in [1.82, 2.24) is 10.2 Å². The van der Waals surface area contributed by atoms with Crippen LogP contribution in [-0.2, 0) is 0 Å². The van der Waals surface area contributed by atoms with Gasteiger partial charge in [0.25, 0.3) is 0 Å². The molecule has 0 saturated carbocycles. The molecule has 1 N–H and O–H groups in total. The van der Waals surface area contributed by atoms with Gasteiger partial charge in [0.15, 0.2) is 0 Å². The minimum Gasteiger partial charge on any atom is -0.313 e. The van der Waals surface area contributed by atoms with E-state index in [0.29, 0.717) is 12.1 Å². The van der Waals surface area contributed by atoms with Crippen molar-refractivity contribution >= 4 is 23.2 Å². The molecule has 1 heterocycles. The van der Waals surface area contributed by atoms with Crippen LogP contribution in [0, 0.1) is 0 Å². The van der Waals surface area contributed by atoms with E-state index in [1.165, 1.54) is 25.7 Å². The van der Waals surface area contributed by atoms with Crippen molar-refractivity contribution in [1.29, 1.82) is 0 Å². The highest BCUT2D eigenvalue weighted by Crippen LogP contribution is 2.30. The summed E-state index contributed by atoms with van der Waals surface area (Å²) in [6.45, 7) is 7.83. The largest absolute Gasteiger partial charge is 0.313 e. The van der Waals surface area contributed by atoms with E-state index in [0.717, 1.165) is 35.2 Å². The Balaban J connectivity index is 2.11. The summed E-state index contributed by atoms with van der Waals surface area (Å²) < 4.78 is 0. The molecule has 1 saturated heterocycles. The first-order valence-corrected chi connectivity index (χ1v) is 8.79. The Morgan fingerprint density at radius 2 is 2.19 bits per heavy atom. The van der Waals surface area contributed by atoms with Crippen molar-refractivity contribution in [2.45, 2.75) is 51.6 Å². The maximum atomic E-state index is 6.38. The van der Waals surface area contributed by atoms with Crippen LogP contribution in [0.5, 0.6) is 0 Å². The molecule has 0 radical (unpaired) electrons. The molecule has 1 aromatic carbocycles. The number of unbranched alkanes of at least 4 members (excludes halogenated alkanes) is 1. The Morgan fingerprint density at radius 3 is 2.86 bits per heavy atom. The zero-order valence-corrected chi connectivity index (χ0v) is 14.6. The Labute approximate surface area is 138 Å². The minimum atomic E-state index is 0.296. The van der Waals surface area contributed by atoms with E-state index in [-0.39, 0.29) is 0 Å². The third-order valence-corrected chi connectivity index (χ3v) is 4.95. The van der Waals surface area contributed by atoms with E-state index in [4.69, 9.17) is 23.2 Å². The summed E-state index contributed by atoms with van der Waals surface area (Å²) in [7, 11) is 0. The highest BCUT2D eigenvalue weighted by molar-refractivity contribution is 6.33. The first-order valence-electron chi connectivity index (χ1n) is 8.04. The molecule has 2 unspecified atom stereocenters. The summed E-state index contributed by atoms with van der Waals surface area (Å²) in [6.07, 6.45) is 5.00. The maximum absolute atomic E-state index is 6.38. The van der Waals surface area contributed by atoms with E-state index in [2.05, 4.69) is 24.1 Å². The van der Waals surface area contributed by atoms with Crippen LogP contribution in [0.1, 0.15) is 51.1 Å². The van der Waals surface area contributed by atoms with Crippen LogP contribution < -0.4 is 5.32 Å². The number of rotatable bonds is 7. The van der Waals surface area contributed by atoms with Crippen LogP contribution in [0.25, 0.3) is 0 Å². The molecule has 0 bridgehead atoms. The van der Waals surface area contributed by atoms with Gasteiger partial charge in [-0.1, -0.05) is 36.5 Å². The fraction of sp³-hybridized carbons (Fsp3) is 0.647. The second kappa shape index (κ2) is 8.38. The predicted molar refractivity (Wildman–Crippen MR) is 92.4 cm³/mol. The molecule has 0 aromatic heterocycles. The maximum Gasteiger partial charge on any atom is 0.0454 e. The fourth-order valence-electron chi connectivity index (χ4n) is 3.03. The summed E-state index contributed by atoms with van der Waals surface area (Å²) >= 11 is 12.5. The first kappa shape index (κ1) is 17.1. The van der Waals surface area contributed by atoms with Gasteiger partial charge >= 0.3 is 0 Å². The van der Waals surface area contributed by atoms with Gasteiger partial charge in [0.05, 0.1) is 0 Å². The number of nitrogens with zero attached hydrogens (tertiary/aromatic N) is 1. The summed E-state index contributed by atoms with van der Waals surface area (Å²) in [6, 6.07) is 6.68. The van der Waals surface area contributed by atoms with Crippen LogP contribution >= 0.6 is 23.2 Å². The molecule has 1 fully saturated rings. The minimum absolute atomic E-state index is 0.296. The first-order chi connectivity index (χ1) is 10.1. The van der Waals surface area contributed by atoms with E-state index in [9.17, 15) is 0 Å². The van der Waals surface area contributed by atoms with Gasteiger partial charge in [-0.2, -0.15) is 0 Å². The number of nitrogens with one attached hydrogen (secondary N) is 1. The normalized spacial score (nSPS) is 20.1. The predicted octanol–water partition coefficient (Wildman–Crippen LogP) is 4.91. The average Bonchev–Trinajstić information content (AvgIpc) is 2.98. The lowest BCUT2D eigenvalue weighted by molar-refractivity contribution is 0.189. The molecule has 0 spiro atoms. The highest BCUT2D eigenvalue weighted by atomic mass is 35.5. The lowest BCUT2D eigenvalue weighted by atomic mass is 10.0. The Hall–Kier alpha value is -0.280. The number of benzene rings is 1. The highest BCUT2D eigenvalue weighted by Gasteiger charge is 2.23. The second-order valence-corrected chi connectivity index (χ2v) is 6.83. The number of halogens is 2. The zero-order valence-electron chi connectivity index (χ0n) is 13.0. The van der Waals surface area contributed by atoms with Crippen molar-refractivity contribution in [2.75, 3.05) is 19.6 Å². The monoisotopic (exact) mass is 328 g/mol. The van der Waals surface area contributed by atoms with Gasteiger partial charge in [-0.25, -0.2) is 0 Å². The third-order valence-electron chi connectivity index (χ3n) is 4.37. The second-order valence-electron chi connectivity index (χ2n) is 5.98. The molecule has 0 amide bonds. The Kier molecular flexibility index (Phi) is 6.81. The number of hydrogen-bond acceptors (Lipinski definition) is 2. The van der Waals surface area contributed by atoms with Gasteiger partial charge in [0.2, 0.25) is 0 Å². The molecular formula is C17H26Cl2N2. The fourth-order valence-corrected chi connectivity index (χ4v) is 3.49. The van der Waals surface area contributed by atoms with Crippen molar-refractivity contribution in [3.8, 4) is 0 Å². The van der Waals surface area contributed by atoms with Gasteiger partial charge in [0, 0.05) is 28.7 Å². The van der Waals surface area contributed by atoms with Gasteiger partial charge in [-0.3, -0.25) is 4.90 Å². The van der Waals surface area contributed by atoms with Crippen molar-refractivity contribution < 1.29 is 0 Å². The smallest absolute Gasteiger partial charge is 0.0454 e. The molecule has 4 heteroatoms. The summed E-state index contributed by atoms with van der Waals surface area (Å²) in [5.41, 5.74) is 1.14. The average molecular weight is 329 g/mol. The van der Waals surface area contributed by atoms with Crippen LogP contribution in [-0.4, -0.2) is 30.6 Å². The molecule has 2 atom stereocenters. The van der Waals surface area contributed by atoms with Crippen molar-refractivity contribution in [3.05, 3.63) is 33.8 Å². The van der Waals surface area contributed by atoms with Crippen molar-refractivity contribution in [3.63, 3.8) is 0 Å². The summed E-state index contributed by atoms with van der Waals surface area (Å²) in [5.74, 6) is 0. The van der Waals surface area contributed by atoms with Gasteiger partial charge < -0.3 is 5.32 Å². The van der Waals surface area contributed by atoms with E-state index >= 15 is 0 Å². The molecule has 1 aliphatic rings. The Bertz CT molecular complexity index is 444. The van der Waals surface area contributed by atoms with E-state index < -0.39 is 0 Å². The molecule has 1 aliphatic heterocycles. The lowest BCUT2D eigenvalue weighted by Gasteiger charge is -2.32. The van der Waals surface area contributed by atoms with Gasteiger partial charge in [-0.15, -0.1) is 0 Å². The summed E-state index contributed by atoms with van der Waals surface area (Å²) in [5, 5.41) is 5.17. The molecule has 1 aromatic rings. The quantitative estimate of drug-likeness (QED) is 0.765. The van der Waals surface area contributed by atoms with Crippen molar-refractivity contribution in [2.24, 2.45) is 0 Å². The van der Waals surface area contributed by atoms with E-state index in [1.54, 1.807) is 0 Å². The molecular weight excluding hydrogens is 303 g/mol. The molecule has 0 aliphatic carbocycles. The Morgan fingerprint density at radius 1 is 1.38 bits per heavy atom. The molecule has 2 rings (SSSR count). The van der Waals surface area contributed by atoms with Crippen LogP contribution in [0.4, 0.5) is 0 Å². The molecule has 2 nitrogen and oxygen atoms in total. The van der Waals surface area contributed by atoms with E-state index in [1.807, 2.05) is 18.2 Å². The zero-order chi connectivity index (χ0) is 15.2. The molecule has 21 heavy (non-hydrogen) atoms. The van der Waals surface area contributed by atoms with Crippen LogP contribution in [0.3, 0.4) is 0 Å².